The van der Waals surface area contributed by atoms with Crippen LogP contribution in [0.15, 0.2) is 66.7 Å². The number of anilines is 2. The number of aryl methyl sites for hydroxylation is 3. The molecule has 0 saturated carbocycles. The van der Waals surface area contributed by atoms with Crippen LogP contribution in [0.25, 0.3) is 16.6 Å². The van der Waals surface area contributed by atoms with Gasteiger partial charge in [-0.1, -0.05) is 47.5 Å². The predicted molar refractivity (Wildman–Crippen MR) is 105 cm³/mol. The molecule has 0 aliphatic heterocycles. The van der Waals surface area contributed by atoms with Crippen LogP contribution in [0, 0.1) is 20.8 Å². The molecule has 0 unspecified atom stereocenters. The first-order valence-corrected chi connectivity index (χ1v) is 8.51. The van der Waals surface area contributed by atoms with Crippen LogP contribution in [0.1, 0.15) is 16.7 Å². The maximum absolute atomic E-state index is 4.88. The second kappa shape index (κ2) is 6.10. The second-order valence-electron chi connectivity index (χ2n) is 6.56. The molecular formula is C22H21N3. The Hall–Kier alpha value is -3.07. The van der Waals surface area contributed by atoms with Gasteiger partial charge in [-0.25, -0.2) is 4.68 Å². The van der Waals surface area contributed by atoms with Crippen molar-refractivity contribution in [2.24, 2.45) is 0 Å². The van der Waals surface area contributed by atoms with Gasteiger partial charge in [-0.3, -0.25) is 0 Å². The van der Waals surface area contributed by atoms with E-state index in [0.717, 1.165) is 28.1 Å². The number of nitrogens with one attached hydrogen (secondary N) is 1. The van der Waals surface area contributed by atoms with E-state index in [1.165, 1.54) is 16.7 Å². The van der Waals surface area contributed by atoms with Crippen molar-refractivity contribution >= 4 is 22.4 Å². The lowest BCUT2D eigenvalue weighted by Crippen LogP contribution is -2.02. The summed E-state index contributed by atoms with van der Waals surface area (Å²) in [5.41, 5.74) is 6.80. The Balaban J connectivity index is 1.90. The summed E-state index contributed by atoms with van der Waals surface area (Å²) in [6.45, 7) is 6.29. The van der Waals surface area contributed by atoms with Gasteiger partial charge in [0, 0.05) is 11.1 Å². The molecule has 0 aliphatic rings. The number of hydrogen-bond donors (Lipinski definition) is 1. The third-order valence-electron chi connectivity index (χ3n) is 4.50. The first-order chi connectivity index (χ1) is 12.1. The molecule has 3 aromatic carbocycles. The molecule has 25 heavy (non-hydrogen) atoms. The van der Waals surface area contributed by atoms with E-state index >= 15 is 0 Å². The van der Waals surface area contributed by atoms with Gasteiger partial charge in [0.25, 0.3) is 0 Å². The average molecular weight is 327 g/mol. The highest BCUT2D eigenvalue weighted by Crippen LogP contribution is 2.31. The van der Waals surface area contributed by atoms with Crippen LogP contribution >= 0.6 is 0 Å². The summed E-state index contributed by atoms with van der Waals surface area (Å²) in [7, 11) is 0. The van der Waals surface area contributed by atoms with E-state index in [0.29, 0.717) is 0 Å². The lowest BCUT2D eigenvalue weighted by Gasteiger charge is -2.11. The fourth-order valence-corrected chi connectivity index (χ4v) is 3.01. The molecule has 0 radical (unpaired) electrons. The van der Waals surface area contributed by atoms with Gasteiger partial charge >= 0.3 is 0 Å². The number of nitrogens with zero attached hydrogens (tertiary/aromatic N) is 2. The zero-order valence-electron chi connectivity index (χ0n) is 14.7. The monoisotopic (exact) mass is 327 g/mol. The van der Waals surface area contributed by atoms with Gasteiger partial charge in [-0.2, -0.15) is 5.10 Å². The van der Waals surface area contributed by atoms with E-state index in [1.807, 2.05) is 4.68 Å². The topological polar surface area (TPSA) is 29.9 Å². The Morgan fingerprint density at radius 2 is 1.40 bits per heavy atom. The fraction of sp³-hybridized carbons (Fsp3) is 0.136. The molecule has 1 N–H and O–H groups in total. The predicted octanol–water partition coefficient (Wildman–Crippen LogP) is 5.69. The Bertz CT molecular complexity index is 1030. The molecule has 3 heteroatoms. The summed E-state index contributed by atoms with van der Waals surface area (Å²) in [6.07, 6.45) is 0. The lowest BCUT2D eigenvalue weighted by molar-refractivity contribution is 0.902. The zero-order valence-corrected chi connectivity index (χ0v) is 14.7. The first kappa shape index (κ1) is 15.5. The van der Waals surface area contributed by atoms with Gasteiger partial charge < -0.3 is 5.32 Å². The maximum Gasteiger partial charge on any atom is 0.142 e. The molecule has 0 aliphatic carbocycles. The van der Waals surface area contributed by atoms with E-state index < -0.39 is 0 Å². The molecule has 0 saturated heterocycles. The van der Waals surface area contributed by atoms with Gasteiger partial charge in [0.1, 0.15) is 5.82 Å². The van der Waals surface area contributed by atoms with Gasteiger partial charge in [-0.15, -0.1) is 0 Å². The highest BCUT2D eigenvalue weighted by atomic mass is 15.3. The van der Waals surface area contributed by atoms with E-state index in [1.54, 1.807) is 0 Å². The molecule has 4 rings (SSSR count). The van der Waals surface area contributed by atoms with E-state index in [4.69, 9.17) is 5.10 Å². The Morgan fingerprint density at radius 1 is 0.760 bits per heavy atom. The molecule has 0 fully saturated rings. The molecule has 0 spiro atoms. The number of aromatic nitrogens is 2. The highest BCUT2D eigenvalue weighted by Gasteiger charge is 2.14. The van der Waals surface area contributed by atoms with Crippen LogP contribution in [0.2, 0.25) is 0 Å². The molecule has 4 aromatic rings. The van der Waals surface area contributed by atoms with Gasteiger partial charge in [0.2, 0.25) is 0 Å². The zero-order chi connectivity index (χ0) is 17.4. The minimum absolute atomic E-state index is 0.992. The summed E-state index contributed by atoms with van der Waals surface area (Å²) in [6, 6.07) is 23.2. The summed E-state index contributed by atoms with van der Waals surface area (Å²) < 4.78 is 2.00. The van der Waals surface area contributed by atoms with Crippen LogP contribution in [0.3, 0.4) is 0 Å². The molecule has 0 amide bonds. The Kier molecular flexibility index (Phi) is 3.77. The maximum atomic E-state index is 4.88. The summed E-state index contributed by atoms with van der Waals surface area (Å²) >= 11 is 0. The molecule has 0 bridgehead atoms. The Morgan fingerprint density at radius 3 is 2.08 bits per heavy atom. The molecule has 124 valence electrons. The summed E-state index contributed by atoms with van der Waals surface area (Å²) in [5, 5.41) is 9.57. The van der Waals surface area contributed by atoms with Crippen LogP contribution in [-0.4, -0.2) is 9.78 Å². The first-order valence-electron chi connectivity index (χ1n) is 8.51. The molecule has 0 atom stereocenters. The molecule has 3 nitrogen and oxygen atoms in total. The number of rotatable bonds is 3. The van der Waals surface area contributed by atoms with Crippen molar-refractivity contribution < 1.29 is 0 Å². The smallest absolute Gasteiger partial charge is 0.142 e. The van der Waals surface area contributed by atoms with Crippen LogP contribution in [0.5, 0.6) is 0 Å². The van der Waals surface area contributed by atoms with Crippen molar-refractivity contribution in [1.82, 2.24) is 9.78 Å². The van der Waals surface area contributed by atoms with Crippen molar-refractivity contribution in [3.63, 3.8) is 0 Å². The number of benzene rings is 3. The Labute approximate surface area is 147 Å². The summed E-state index contributed by atoms with van der Waals surface area (Å²) in [4.78, 5) is 0. The van der Waals surface area contributed by atoms with Crippen molar-refractivity contribution in [2.75, 3.05) is 5.32 Å². The van der Waals surface area contributed by atoms with E-state index in [-0.39, 0.29) is 0 Å². The van der Waals surface area contributed by atoms with Crippen LogP contribution in [0.4, 0.5) is 11.5 Å². The van der Waals surface area contributed by atoms with E-state index in [9.17, 15) is 0 Å². The number of hydrogen-bond acceptors (Lipinski definition) is 2. The van der Waals surface area contributed by atoms with Gasteiger partial charge in [0.15, 0.2) is 0 Å². The third-order valence-corrected chi connectivity index (χ3v) is 4.50. The van der Waals surface area contributed by atoms with Crippen molar-refractivity contribution in [2.45, 2.75) is 20.8 Å². The quantitative estimate of drug-likeness (QED) is 0.523. The highest BCUT2D eigenvalue weighted by molar-refractivity contribution is 5.94. The summed E-state index contributed by atoms with van der Waals surface area (Å²) in [5.74, 6) is 0.992. The second-order valence-corrected chi connectivity index (χ2v) is 6.56. The number of fused-ring (bicyclic) bond motifs is 1. The van der Waals surface area contributed by atoms with Crippen molar-refractivity contribution in [3.8, 4) is 5.69 Å². The minimum Gasteiger partial charge on any atom is -0.340 e. The van der Waals surface area contributed by atoms with Gasteiger partial charge in [0.05, 0.1) is 11.2 Å². The van der Waals surface area contributed by atoms with Crippen molar-refractivity contribution in [3.05, 3.63) is 83.4 Å². The average Bonchev–Trinajstić information content (AvgIpc) is 2.98. The van der Waals surface area contributed by atoms with Crippen LogP contribution < -0.4 is 5.32 Å². The largest absolute Gasteiger partial charge is 0.340 e. The lowest BCUT2D eigenvalue weighted by atomic mass is 10.1. The van der Waals surface area contributed by atoms with E-state index in [2.05, 4.69) is 92.8 Å². The SMILES string of the molecule is Cc1ccc(Nc2c3cccc(C)c3nn2-c2ccc(C)cc2)cc1. The third kappa shape index (κ3) is 2.89. The molecule has 1 heterocycles. The molecular weight excluding hydrogens is 306 g/mol. The molecule has 1 aromatic heterocycles. The van der Waals surface area contributed by atoms with Crippen LogP contribution in [-0.2, 0) is 0 Å². The normalized spacial score (nSPS) is 11.0. The standard InChI is InChI=1S/C22H21N3/c1-15-7-11-18(12-8-15)23-22-20-6-4-5-17(3)21(20)24-25(22)19-13-9-16(2)10-14-19/h4-14,23H,1-3H3. The fourth-order valence-electron chi connectivity index (χ4n) is 3.01. The van der Waals surface area contributed by atoms with Gasteiger partial charge in [-0.05, 0) is 56.7 Å². The van der Waals surface area contributed by atoms with Crippen molar-refractivity contribution in [1.29, 1.82) is 0 Å². The minimum atomic E-state index is 0.992.